The fraction of sp³-hybridized carbons (Fsp3) is 0.357. The molecule has 0 aliphatic carbocycles. The molecular weight excluding hydrogens is 509 g/mol. The normalized spacial score (nSPS) is 15.3. The first-order valence-corrected chi connectivity index (χ1v) is 12.3. The van der Waals surface area contributed by atoms with E-state index in [1.165, 1.54) is 19.2 Å². The standard InChI is InChI=1S/C28H33N5O2.2ClH/c1-34-19-24-12-7-15-32(24)14-6-11-23-17-26(27-28(29)30-20-31-33(23)27)22-10-5-13-25(16-22)35-18-21-8-3-2-4-9-21;;/h2-5,8-10,13,16-17,20,24H,6-7,11-12,14-15,18-19H2,1H3,(H2,29,30,31);2*1H. The van der Waals surface area contributed by atoms with Gasteiger partial charge in [0.1, 0.15) is 24.2 Å². The summed E-state index contributed by atoms with van der Waals surface area (Å²) in [7, 11) is 1.79. The van der Waals surface area contributed by atoms with E-state index in [1.54, 1.807) is 7.11 Å². The maximum atomic E-state index is 6.33. The molecule has 5 rings (SSSR count). The van der Waals surface area contributed by atoms with E-state index >= 15 is 0 Å². The van der Waals surface area contributed by atoms with E-state index in [2.05, 4.69) is 45.3 Å². The van der Waals surface area contributed by atoms with Gasteiger partial charge in [-0.05, 0) is 68.1 Å². The lowest BCUT2D eigenvalue weighted by Gasteiger charge is -2.23. The summed E-state index contributed by atoms with van der Waals surface area (Å²) < 4.78 is 13.4. The third-order valence-electron chi connectivity index (χ3n) is 6.79. The quantitative estimate of drug-likeness (QED) is 0.286. The molecule has 2 aromatic carbocycles. The van der Waals surface area contributed by atoms with Crippen LogP contribution >= 0.6 is 24.8 Å². The predicted octanol–water partition coefficient (Wildman–Crippen LogP) is 5.44. The van der Waals surface area contributed by atoms with Gasteiger partial charge in [0.2, 0.25) is 0 Å². The van der Waals surface area contributed by atoms with Crippen molar-refractivity contribution >= 4 is 36.1 Å². The number of nitrogen functional groups attached to an aromatic ring is 1. The summed E-state index contributed by atoms with van der Waals surface area (Å²) in [6.07, 6.45) is 5.97. The van der Waals surface area contributed by atoms with Crippen LogP contribution in [0.4, 0.5) is 5.82 Å². The topological polar surface area (TPSA) is 77.9 Å². The molecule has 1 aliphatic rings. The van der Waals surface area contributed by atoms with E-state index in [0.29, 0.717) is 18.5 Å². The number of fused-ring (bicyclic) bond motifs is 1. The Balaban J connectivity index is 0.00000190. The molecule has 2 aromatic heterocycles. The molecule has 1 atom stereocenters. The largest absolute Gasteiger partial charge is 0.489 e. The molecule has 1 saturated heterocycles. The van der Waals surface area contributed by atoms with Crippen LogP contribution in [0, 0.1) is 0 Å². The van der Waals surface area contributed by atoms with Crippen LogP contribution in [-0.2, 0) is 17.8 Å². The average molecular weight is 545 g/mol. The van der Waals surface area contributed by atoms with Crippen molar-refractivity contribution in [3.05, 3.63) is 78.2 Å². The number of aromatic nitrogens is 3. The van der Waals surface area contributed by atoms with Gasteiger partial charge < -0.3 is 15.2 Å². The Hall–Kier alpha value is -2.84. The second-order valence-corrected chi connectivity index (χ2v) is 9.15. The number of anilines is 1. The van der Waals surface area contributed by atoms with Gasteiger partial charge in [0.15, 0.2) is 5.82 Å². The van der Waals surface area contributed by atoms with Crippen molar-refractivity contribution in [3.8, 4) is 16.9 Å². The molecule has 1 aliphatic heterocycles. The lowest BCUT2D eigenvalue weighted by atomic mass is 10.1. The minimum Gasteiger partial charge on any atom is -0.489 e. The fourth-order valence-electron chi connectivity index (χ4n) is 5.06. The molecule has 37 heavy (non-hydrogen) atoms. The zero-order valence-corrected chi connectivity index (χ0v) is 22.7. The van der Waals surface area contributed by atoms with Crippen molar-refractivity contribution in [3.63, 3.8) is 0 Å². The smallest absolute Gasteiger partial charge is 0.151 e. The lowest BCUT2D eigenvalue weighted by Crippen LogP contribution is -2.33. The Bertz CT molecular complexity index is 1270. The van der Waals surface area contributed by atoms with Crippen molar-refractivity contribution in [1.29, 1.82) is 0 Å². The first kappa shape index (κ1) is 28.7. The van der Waals surface area contributed by atoms with Gasteiger partial charge in [-0.15, -0.1) is 24.8 Å². The van der Waals surface area contributed by atoms with Crippen LogP contribution in [0.5, 0.6) is 5.75 Å². The fourth-order valence-corrected chi connectivity index (χ4v) is 5.06. The highest BCUT2D eigenvalue weighted by atomic mass is 35.5. The molecule has 2 N–H and O–H groups in total. The van der Waals surface area contributed by atoms with Crippen LogP contribution in [0.3, 0.4) is 0 Å². The third-order valence-corrected chi connectivity index (χ3v) is 6.79. The molecule has 0 spiro atoms. The van der Waals surface area contributed by atoms with Crippen LogP contribution < -0.4 is 10.5 Å². The summed E-state index contributed by atoms with van der Waals surface area (Å²) in [6, 6.07) is 21.1. The Morgan fingerprint density at radius 2 is 1.89 bits per heavy atom. The number of hydrogen-bond donors (Lipinski definition) is 1. The third kappa shape index (κ3) is 6.73. The number of hydrogen-bond acceptors (Lipinski definition) is 6. The summed E-state index contributed by atoms with van der Waals surface area (Å²) >= 11 is 0. The Labute approximate surface area is 230 Å². The van der Waals surface area contributed by atoms with Crippen LogP contribution in [-0.4, -0.2) is 52.3 Å². The van der Waals surface area contributed by atoms with E-state index in [-0.39, 0.29) is 24.8 Å². The van der Waals surface area contributed by atoms with Crippen LogP contribution in [0.2, 0.25) is 0 Å². The van der Waals surface area contributed by atoms with E-state index < -0.39 is 0 Å². The summed E-state index contributed by atoms with van der Waals surface area (Å²) in [6.45, 7) is 3.54. The monoisotopic (exact) mass is 543 g/mol. The van der Waals surface area contributed by atoms with Crippen molar-refractivity contribution in [2.45, 2.75) is 38.3 Å². The maximum Gasteiger partial charge on any atom is 0.151 e. The van der Waals surface area contributed by atoms with E-state index in [1.807, 2.05) is 34.8 Å². The number of likely N-dealkylation sites (tertiary alicyclic amines) is 1. The second kappa shape index (κ2) is 13.6. The Morgan fingerprint density at radius 3 is 2.70 bits per heavy atom. The highest BCUT2D eigenvalue weighted by Gasteiger charge is 2.24. The average Bonchev–Trinajstić information content (AvgIpc) is 3.49. The molecule has 0 amide bonds. The number of benzene rings is 2. The van der Waals surface area contributed by atoms with Gasteiger partial charge in [0.25, 0.3) is 0 Å². The summed E-state index contributed by atoms with van der Waals surface area (Å²) in [5, 5.41) is 4.54. The highest BCUT2D eigenvalue weighted by molar-refractivity contribution is 5.88. The van der Waals surface area contributed by atoms with E-state index in [4.69, 9.17) is 15.2 Å². The molecule has 7 nitrogen and oxygen atoms in total. The molecular formula is C28H35Cl2N5O2. The number of nitrogens with zero attached hydrogens (tertiary/aromatic N) is 4. The highest BCUT2D eigenvalue weighted by Crippen LogP contribution is 2.33. The molecule has 4 aromatic rings. The second-order valence-electron chi connectivity index (χ2n) is 9.15. The van der Waals surface area contributed by atoms with Gasteiger partial charge in [0.05, 0.1) is 6.61 Å². The Morgan fingerprint density at radius 1 is 1.05 bits per heavy atom. The van der Waals surface area contributed by atoms with Crippen molar-refractivity contribution in [2.75, 3.05) is 32.5 Å². The van der Waals surface area contributed by atoms with Crippen molar-refractivity contribution in [2.24, 2.45) is 0 Å². The Kier molecular flexibility index (Phi) is 10.6. The number of halogens is 2. The van der Waals surface area contributed by atoms with Gasteiger partial charge in [-0.1, -0.05) is 42.5 Å². The van der Waals surface area contributed by atoms with Crippen molar-refractivity contribution < 1.29 is 9.47 Å². The maximum absolute atomic E-state index is 6.33. The number of ether oxygens (including phenoxy) is 2. The predicted molar refractivity (Wildman–Crippen MR) is 153 cm³/mol. The summed E-state index contributed by atoms with van der Waals surface area (Å²) in [5.41, 5.74) is 11.5. The molecule has 0 bridgehead atoms. The molecule has 9 heteroatoms. The molecule has 0 radical (unpaired) electrons. The minimum absolute atomic E-state index is 0. The van der Waals surface area contributed by atoms with Crippen molar-refractivity contribution in [1.82, 2.24) is 19.5 Å². The van der Waals surface area contributed by atoms with Gasteiger partial charge in [0, 0.05) is 24.4 Å². The molecule has 1 unspecified atom stereocenters. The number of methoxy groups -OCH3 is 1. The van der Waals surface area contributed by atoms with E-state index in [9.17, 15) is 0 Å². The molecule has 198 valence electrons. The first-order chi connectivity index (χ1) is 17.2. The lowest BCUT2D eigenvalue weighted by molar-refractivity contribution is 0.115. The van der Waals surface area contributed by atoms with Crippen LogP contribution in [0.1, 0.15) is 30.5 Å². The van der Waals surface area contributed by atoms with E-state index in [0.717, 1.165) is 66.2 Å². The van der Waals surface area contributed by atoms with Crippen LogP contribution in [0.25, 0.3) is 16.6 Å². The first-order valence-electron chi connectivity index (χ1n) is 12.3. The molecule has 1 fully saturated rings. The van der Waals surface area contributed by atoms with Gasteiger partial charge in [-0.25, -0.2) is 9.50 Å². The summed E-state index contributed by atoms with van der Waals surface area (Å²) in [4.78, 5) is 6.82. The summed E-state index contributed by atoms with van der Waals surface area (Å²) in [5.74, 6) is 1.30. The molecule has 3 heterocycles. The SMILES string of the molecule is COCC1CCCN1CCCc1cc(-c2cccc(OCc3ccccc3)c2)c2c(N)ncnn12.Cl.Cl. The van der Waals surface area contributed by atoms with Gasteiger partial charge >= 0.3 is 0 Å². The number of aryl methyl sites for hydroxylation is 1. The minimum atomic E-state index is 0. The zero-order valence-electron chi connectivity index (χ0n) is 21.1. The van der Waals surface area contributed by atoms with Crippen LogP contribution in [0.15, 0.2) is 67.0 Å². The van der Waals surface area contributed by atoms with Gasteiger partial charge in [-0.2, -0.15) is 5.10 Å². The number of nitrogens with two attached hydrogens (primary N) is 1. The van der Waals surface area contributed by atoms with Gasteiger partial charge in [-0.3, -0.25) is 4.90 Å². The zero-order chi connectivity index (χ0) is 24.0. The molecule has 0 saturated carbocycles. The number of rotatable bonds is 10.